The van der Waals surface area contributed by atoms with Gasteiger partial charge >= 0.3 is 0 Å². The van der Waals surface area contributed by atoms with Gasteiger partial charge in [-0.1, -0.05) is 85.8 Å². The maximum absolute atomic E-state index is 14.7. The Morgan fingerprint density at radius 2 is 1.54 bits per heavy atom. The van der Waals surface area contributed by atoms with Gasteiger partial charge in [-0.3, -0.25) is 19.7 Å². The summed E-state index contributed by atoms with van der Waals surface area (Å²) in [5.41, 5.74) is 6.66. The van der Waals surface area contributed by atoms with E-state index in [2.05, 4.69) is 38.7 Å². The number of amides is 3. The van der Waals surface area contributed by atoms with E-state index in [-0.39, 0.29) is 53.6 Å². The molecular formula is C41H44FN5O3. The zero-order chi connectivity index (χ0) is 34.6. The van der Waals surface area contributed by atoms with Crippen molar-refractivity contribution in [2.75, 3.05) is 6.54 Å². The first-order valence-corrected chi connectivity index (χ1v) is 17.7. The molecule has 4 aromatic carbocycles. The van der Waals surface area contributed by atoms with Gasteiger partial charge in [0, 0.05) is 36.7 Å². The molecule has 0 saturated carbocycles. The van der Waals surface area contributed by atoms with Gasteiger partial charge in [0.2, 0.25) is 11.8 Å². The Labute approximate surface area is 292 Å². The number of hydrogen-bond acceptors (Lipinski definition) is 5. The third kappa shape index (κ3) is 7.34. The van der Waals surface area contributed by atoms with E-state index < -0.39 is 6.04 Å². The Morgan fingerprint density at radius 3 is 2.34 bits per heavy atom. The van der Waals surface area contributed by atoms with E-state index in [4.69, 9.17) is 0 Å². The molecule has 2 aliphatic heterocycles. The molecule has 0 aromatic heterocycles. The van der Waals surface area contributed by atoms with Gasteiger partial charge in [-0.2, -0.15) is 0 Å². The topological polar surface area (TPSA) is 111 Å². The van der Waals surface area contributed by atoms with E-state index in [0.29, 0.717) is 37.1 Å². The van der Waals surface area contributed by atoms with Crippen LogP contribution in [0.2, 0.25) is 0 Å². The Morgan fingerprint density at radius 1 is 0.820 bits per heavy atom. The summed E-state index contributed by atoms with van der Waals surface area (Å²) in [7, 11) is 0. The summed E-state index contributed by atoms with van der Waals surface area (Å²) in [4.78, 5) is 39.6. The summed E-state index contributed by atoms with van der Waals surface area (Å²) in [6, 6.07) is 29.1. The zero-order valence-corrected chi connectivity index (χ0v) is 28.3. The summed E-state index contributed by atoms with van der Waals surface area (Å²) >= 11 is 0. The SMILES string of the molecule is C[C@H](c1ccccc1F)C1NC(C(=O)NCc2ccc(C(=O)N[C@@H]3CN[C@H](C(=O)N[C@@H]4CCCc5ccccc54)C3)cc2)Cc2ccccc21. The molecular weight excluding hydrogens is 629 g/mol. The van der Waals surface area contributed by atoms with E-state index in [1.54, 1.807) is 24.3 Å². The van der Waals surface area contributed by atoms with Crippen molar-refractivity contribution in [2.24, 2.45) is 0 Å². The molecule has 3 aliphatic rings. The summed E-state index contributed by atoms with van der Waals surface area (Å²) < 4.78 is 14.7. The van der Waals surface area contributed by atoms with Gasteiger partial charge in [0.05, 0.1) is 18.1 Å². The number of halogens is 1. The second-order valence-corrected chi connectivity index (χ2v) is 13.8. The van der Waals surface area contributed by atoms with E-state index in [1.807, 2.05) is 61.5 Å². The molecule has 3 amide bonds. The number of nitrogens with one attached hydrogen (secondary N) is 5. The molecule has 2 heterocycles. The smallest absolute Gasteiger partial charge is 0.251 e. The van der Waals surface area contributed by atoms with E-state index in [1.165, 1.54) is 17.2 Å². The minimum Gasteiger partial charge on any atom is -0.351 e. The third-order valence-electron chi connectivity index (χ3n) is 10.6. The predicted molar refractivity (Wildman–Crippen MR) is 191 cm³/mol. The number of carbonyl (C=O) groups excluding carboxylic acids is 3. The van der Waals surface area contributed by atoms with Crippen molar-refractivity contribution in [3.8, 4) is 0 Å². The van der Waals surface area contributed by atoms with Gasteiger partial charge in [0.25, 0.3) is 5.91 Å². The lowest BCUT2D eigenvalue weighted by Gasteiger charge is -2.36. The second kappa shape index (κ2) is 14.9. The molecule has 9 heteroatoms. The molecule has 8 nitrogen and oxygen atoms in total. The fraction of sp³-hybridized carbons (Fsp3) is 0.341. The molecule has 0 bridgehead atoms. The quantitative estimate of drug-likeness (QED) is 0.169. The molecule has 50 heavy (non-hydrogen) atoms. The Balaban J connectivity index is 0.902. The highest BCUT2D eigenvalue weighted by Gasteiger charge is 2.35. The fourth-order valence-corrected chi connectivity index (χ4v) is 7.79. The normalized spacial score (nSPS) is 23.2. The number of aryl methyl sites for hydroxylation is 1. The van der Waals surface area contributed by atoms with Gasteiger partial charge in [0.1, 0.15) is 5.82 Å². The lowest BCUT2D eigenvalue weighted by atomic mass is 9.81. The van der Waals surface area contributed by atoms with Crippen molar-refractivity contribution >= 4 is 17.7 Å². The minimum atomic E-state index is -0.474. The highest BCUT2D eigenvalue weighted by molar-refractivity contribution is 5.94. The molecule has 2 unspecified atom stereocenters. The molecule has 7 rings (SSSR count). The van der Waals surface area contributed by atoms with Crippen LogP contribution < -0.4 is 26.6 Å². The molecule has 0 spiro atoms. The minimum absolute atomic E-state index is 0.0213. The van der Waals surface area contributed by atoms with Crippen molar-refractivity contribution in [2.45, 2.75) is 81.7 Å². The van der Waals surface area contributed by atoms with E-state index in [0.717, 1.165) is 36.0 Å². The lowest BCUT2D eigenvalue weighted by Crippen LogP contribution is -2.50. The molecule has 5 N–H and O–H groups in total. The number of rotatable bonds is 9. The maximum Gasteiger partial charge on any atom is 0.251 e. The number of carbonyl (C=O) groups is 3. The van der Waals surface area contributed by atoms with Crippen LogP contribution in [0.25, 0.3) is 0 Å². The predicted octanol–water partition coefficient (Wildman–Crippen LogP) is 5.16. The number of fused-ring (bicyclic) bond motifs is 2. The van der Waals surface area contributed by atoms with Crippen LogP contribution in [0, 0.1) is 5.82 Å². The molecule has 1 aliphatic carbocycles. The third-order valence-corrected chi connectivity index (χ3v) is 10.6. The highest BCUT2D eigenvalue weighted by atomic mass is 19.1. The monoisotopic (exact) mass is 673 g/mol. The van der Waals surface area contributed by atoms with Crippen molar-refractivity contribution in [3.05, 3.63) is 142 Å². The summed E-state index contributed by atoms with van der Waals surface area (Å²) in [6.45, 7) is 2.82. The number of hydrogen-bond donors (Lipinski definition) is 5. The van der Waals surface area contributed by atoms with Crippen molar-refractivity contribution in [1.82, 2.24) is 26.6 Å². The van der Waals surface area contributed by atoms with Crippen molar-refractivity contribution in [1.29, 1.82) is 0 Å². The standard InChI is InChI=1S/C41H44FN5O3/c1-25(31-12-6-7-15-34(31)42)38-33-14-5-3-10-29(33)21-37(46-38)40(49)44-23-26-17-19-28(20-18-26)39(48)45-30-22-36(43-24-30)41(50)47-35-16-8-11-27-9-2-4-13-32(27)35/h2-7,9-10,12-15,17-20,25,30,35-38,43,46H,8,11,16,21-24H2,1H3,(H,44,49)(H,45,48)(H,47,50)/t25-,30+,35-,36+,37?,38?/m1/s1. The fourth-order valence-electron chi connectivity index (χ4n) is 7.79. The molecule has 1 saturated heterocycles. The van der Waals surface area contributed by atoms with Crippen LogP contribution in [0.5, 0.6) is 0 Å². The molecule has 0 radical (unpaired) electrons. The Kier molecular flexibility index (Phi) is 10.1. The number of benzene rings is 4. The summed E-state index contributed by atoms with van der Waals surface area (Å²) in [6.07, 6.45) is 4.08. The van der Waals surface area contributed by atoms with Crippen LogP contribution in [0.1, 0.15) is 87.9 Å². The average molecular weight is 674 g/mol. The van der Waals surface area contributed by atoms with Crippen LogP contribution in [-0.4, -0.2) is 42.4 Å². The van der Waals surface area contributed by atoms with E-state index in [9.17, 15) is 18.8 Å². The van der Waals surface area contributed by atoms with Crippen LogP contribution in [0.3, 0.4) is 0 Å². The maximum atomic E-state index is 14.7. The van der Waals surface area contributed by atoms with Crippen LogP contribution in [0.15, 0.2) is 97.1 Å². The highest BCUT2D eigenvalue weighted by Crippen LogP contribution is 2.37. The molecule has 4 aromatic rings. The van der Waals surface area contributed by atoms with Crippen molar-refractivity contribution in [3.63, 3.8) is 0 Å². The zero-order valence-electron chi connectivity index (χ0n) is 28.3. The van der Waals surface area contributed by atoms with Gasteiger partial charge in [-0.15, -0.1) is 0 Å². The first kappa shape index (κ1) is 33.6. The first-order valence-electron chi connectivity index (χ1n) is 17.7. The Bertz CT molecular complexity index is 1860. The average Bonchev–Trinajstić information content (AvgIpc) is 3.62. The Hall–Kier alpha value is -4.86. The van der Waals surface area contributed by atoms with Gasteiger partial charge in [-0.25, -0.2) is 4.39 Å². The van der Waals surface area contributed by atoms with Gasteiger partial charge in [-0.05, 0) is 83.7 Å². The van der Waals surface area contributed by atoms with Crippen LogP contribution in [0.4, 0.5) is 4.39 Å². The van der Waals surface area contributed by atoms with Crippen LogP contribution in [-0.2, 0) is 29.0 Å². The second-order valence-electron chi connectivity index (χ2n) is 13.8. The van der Waals surface area contributed by atoms with Crippen LogP contribution >= 0.6 is 0 Å². The van der Waals surface area contributed by atoms with Gasteiger partial charge < -0.3 is 21.3 Å². The lowest BCUT2D eigenvalue weighted by molar-refractivity contribution is -0.124. The first-order chi connectivity index (χ1) is 24.3. The van der Waals surface area contributed by atoms with E-state index >= 15 is 0 Å². The van der Waals surface area contributed by atoms with Crippen molar-refractivity contribution < 1.29 is 18.8 Å². The molecule has 258 valence electrons. The largest absolute Gasteiger partial charge is 0.351 e. The molecule has 1 fully saturated rings. The summed E-state index contributed by atoms with van der Waals surface area (Å²) in [5, 5.41) is 16.1. The van der Waals surface area contributed by atoms with Gasteiger partial charge in [0.15, 0.2) is 0 Å². The molecule has 6 atom stereocenters. The summed E-state index contributed by atoms with van der Waals surface area (Å²) in [5.74, 6) is -0.801.